The number of hydrogen-bond acceptors (Lipinski definition) is 0. The zero-order chi connectivity index (χ0) is 34.7. The van der Waals surface area contributed by atoms with Crippen molar-refractivity contribution in [1.29, 1.82) is 0 Å². The molecule has 0 aliphatic rings. The van der Waals surface area contributed by atoms with Crippen LogP contribution in [-0.2, 0) is 21.7 Å². The molecule has 0 saturated heterocycles. The first kappa shape index (κ1) is 40.0. The third kappa shape index (κ3) is 14.8. The van der Waals surface area contributed by atoms with Gasteiger partial charge >= 0.3 is 14.5 Å². The third-order valence-corrected chi connectivity index (χ3v) is 9.90. The molecule has 44 heavy (non-hydrogen) atoms. The van der Waals surface area contributed by atoms with Gasteiger partial charge < -0.3 is 34.5 Å². The first-order valence-corrected chi connectivity index (χ1v) is 15.8. The van der Waals surface area contributed by atoms with Crippen molar-refractivity contribution in [1.82, 2.24) is 0 Å². The van der Waals surface area contributed by atoms with Crippen molar-refractivity contribution in [2.75, 3.05) is 0 Å². The quantitative estimate of drug-likeness (QED) is 0.145. The van der Waals surface area contributed by atoms with Crippen LogP contribution in [0.4, 0.5) is 34.5 Å². The number of benzene rings is 1. The lowest BCUT2D eigenvalue weighted by Crippen LogP contribution is -2.14. The summed E-state index contributed by atoms with van der Waals surface area (Å²) < 4.78 is 78.0. The fourth-order valence-electron chi connectivity index (χ4n) is 3.67. The molecule has 0 radical (unpaired) electrons. The lowest BCUT2D eigenvalue weighted by molar-refractivity contribution is 0.366. The molecule has 0 fully saturated rings. The van der Waals surface area contributed by atoms with Gasteiger partial charge in [0.2, 0.25) is 42.2 Å². The van der Waals surface area contributed by atoms with E-state index in [0.29, 0.717) is 0 Å². The summed E-state index contributed by atoms with van der Waals surface area (Å²) in [5.41, 5.74) is 5.77. The van der Waals surface area contributed by atoms with E-state index in [0.717, 1.165) is 0 Å². The summed E-state index contributed by atoms with van der Waals surface area (Å²) in [6, 6.07) is 18.8. The molecule has 0 bridgehead atoms. The average molecular weight is 666 g/mol. The molecule has 0 nitrogen and oxygen atoms in total. The molecule has 0 aliphatic heterocycles. The first-order chi connectivity index (χ1) is 19.4. The molecule has 0 N–H and O–H groups in total. The molecule has 0 aliphatic carbocycles. The van der Waals surface area contributed by atoms with Gasteiger partial charge in [0.1, 0.15) is 0 Å². The second-order valence-electron chi connectivity index (χ2n) is 14.7. The molecule has 0 saturated carbocycles. The summed E-state index contributed by atoms with van der Waals surface area (Å²) in [6.45, 7) is 27.8. The van der Waals surface area contributed by atoms with E-state index in [1.54, 1.807) is 0 Å². The van der Waals surface area contributed by atoms with Gasteiger partial charge in [0, 0.05) is 45.9 Å². The fraction of sp³-hybridized carbons (Fsp3) is 0.500. The van der Waals surface area contributed by atoms with E-state index in [9.17, 15) is 34.5 Å². The summed E-state index contributed by atoms with van der Waals surface area (Å²) in [4.78, 5) is 5.75. The molecule has 0 atom stereocenters. The van der Waals surface area contributed by atoms with E-state index >= 15 is 0 Å². The fourth-order valence-corrected chi connectivity index (χ4v) is 6.11. The van der Waals surface area contributed by atoms with Gasteiger partial charge in [-0.25, -0.2) is 0 Å². The predicted octanol–water partition coefficient (Wildman–Crippen LogP) is 13.5. The predicted molar refractivity (Wildman–Crippen MR) is 177 cm³/mol. The molecule has 3 rings (SSSR count). The Balaban J connectivity index is 0.000000837. The van der Waals surface area contributed by atoms with E-state index in [4.69, 9.17) is 0 Å². The van der Waals surface area contributed by atoms with Crippen LogP contribution in [0.2, 0.25) is 0 Å². The highest BCUT2D eigenvalue weighted by molar-refractivity contribution is 7.12. The number of hydrogen-bond donors (Lipinski definition) is 0. The highest BCUT2D eigenvalue weighted by atomic mass is 32.1. The summed E-state index contributed by atoms with van der Waals surface area (Å²) in [5.74, 6) is 0. The van der Waals surface area contributed by atoms with Gasteiger partial charge in [-0.15, -0.1) is 0 Å². The van der Waals surface area contributed by atoms with Crippen molar-refractivity contribution in [3.05, 3.63) is 68.0 Å². The van der Waals surface area contributed by atoms with Crippen LogP contribution in [0.15, 0.2) is 48.5 Å². The number of halogens is 8. The van der Waals surface area contributed by atoms with Crippen molar-refractivity contribution < 1.29 is 34.5 Å². The van der Waals surface area contributed by atoms with Gasteiger partial charge in [0.25, 0.3) is 0 Å². The third-order valence-electron chi connectivity index (χ3n) is 6.09. The molecule has 3 aromatic rings. The average Bonchev–Trinajstić information content (AvgIpc) is 2.79. The zero-order valence-corrected chi connectivity index (χ0v) is 29.2. The van der Waals surface area contributed by atoms with Crippen LogP contribution in [0, 0.1) is 0 Å². The van der Waals surface area contributed by atoms with E-state index in [-0.39, 0.29) is 21.7 Å². The van der Waals surface area contributed by atoms with Crippen molar-refractivity contribution >= 4 is 37.2 Å². The van der Waals surface area contributed by atoms with Gasteiger partial charge in [0.05, 0.1) is 0 Å². The van der Waals surface area contributed by atoms with Crippen molar-refractivity contribution in [3.63, 3.8) is 0 Å². The molecule has 12 heteroatoms. The molecular weight excluding hydrogens is 622 g/mol. The van der Waals surface area contributed by atoms with Crippen molar-refractivity contribution in [3.8, 4) is 22.3 Å². The van der Waals surface area contributed by atoms with Gasteiger partial charge in [0.15, 0.2) is 0 Å². The lowest BCUT2D eigenvalue weighted by atomic mass is 9.89. The molecule has 2 aromatic heterocycles. The van der Waals surface area contributed by atoms with Crippen LogP contribution >= 0.6 is 22.7 Å². The summed E-state index contributed by atoms with van der Waals surface area (Å²) in [7, 11) is -12.0. The van der Waals surface area contributed by atoms with E-state index < -0.39 is 14.5 Å². The summed E-state index contributed by atoms with van der Waals surface area (Å²) in [6.07, 6.45) is 0. The van der Waals surface area contributed by atoms with Crippen LogP contribution in [0.25, 0.3) is 22.3 Å². The molecule has 0 amide bonds. The second-order valence-corrected chi connectivity index (χ2v) is 16.9. The lowest BCUT2D eigenvalue weighted by Gasteiger charge is -2.17. The topological polar surface area (TPSA) is 0 Å². The van der Waals surface area contributed by atoms with Gasteiger partial charge in [-0.1, -0.05) is 107 Å². The number of rotatable bonds is 2. The van der Waals surface area contributed by atoms with Gasteiger partial charge in [-0.2, -0.15) is 0 Å². The zero-order valence-electron chi connectivity index (χ0n) is 27.6. The van der Waals surface area contributed by atoms with E-state index in [1.165, 1.54) is 41.8 Å². The first-order valence-electron chi connectivity index (χ1n) is 14.2. The second kappa shape index (κ2) is 14.1. The Morgan fingerprint density at radius 1 is 0.364 bits per heavy atom. The van der Waals surface area contributed by atoms with Gasteiger partial charge in [-0.3, -0.25) is 0 Å². The Morgan fingerprint density at radius 3 is 0.659 bits per heavy atom. The largest absolute Gasteiger partial charge is 0.673 e. The monoisotopic (exact) mass is 666 g/mol. The summed E-state index contributed by atoms with van der Waals surface area (Å²) >= 11 is 3.91. The van der Waals surface area contributed by atoms with E-state index in [2.05, 4.69) is 132 Å². The Hall–Kier alpha value is -2.07. The van der Waals surface area contributed by atoms with Crippen molar-refractivity contribution in [2.24, 2.45) is 0 Å². The van der Waals surface area contributed by atoms with Crippen LogP contribution in [0.1, 0.15) is 103 Å². The van der Waals surface area contributed by atoms with Crippen LogP contribution < -0.4 is 0 Å². The van der Waals surface area contributed by atoms with Crippen molar-refractivity contribution in [2.45, 2.75) is 105 Å². The van der Waals surface area contributed by atoms with E-state index in [1.807, 2.05) is 22.7 Å². The smallest absolute Gasteiger partial charge is 0.418 e. The van der Waals surface area contributed by atoms with Crippen LogP contribution in [-0.4, -0.2) is 14.5 Å². The van der Waals surface area contributed by atoms with Crippen LogP contribution in [0.5, 0.6) is 0 Å². The highest BCUT2D eigenvalue weighted by Crippen LogP contribution is 2.40. The molecule has 1 aromatic carbocycles. The Morgan fingerprint density at radius 2 is 0.523 bits per heavy atom. The highest BCUT2D eigenvalue weighted by Gasteiger charge is 2.33. The van der Waals surface area contributed by atoms with Crippen LogP contribution in [0.3, 0.4) is 0 Å². The molecule has 246 valence electrons. The maximum atomic E-state index is 9.75. The Labute approximate surface area is 266 Å². The summed E-state index contributed by atoms with van der Waals surface area (Å²) in [5, 5.41) is 0. The minimum Gasteiger partial charge on any atom is -0.418 e. The maximum absolute atomic E-state index is 9.75. The molecule has 0 spiro atoms. The Kier molecular flexibility index (Phi) is 12.8. The Bertz CT molecular complexity index is 1190. The van der Waals surface area contributed by atoms with Gasteiger partial charge in [-0.05, 0) is 22.3 Å². The molecule has 0 unspecified atom stereocenters. The SMILES string of the molecule is CC(C)(C)c1cc(-c2ccc(-c3cc(C(C)(C)C)[s+]c(C(C)(C)C)c3)cc2)cc(C(C)(C)C)[s+]1.F[B-](F)(F)F.F[B-](F)(F)F. The minimum atomic E-state index is -6.00. The maximum Gasteiger partial charge on any atom is 0.673 e. The standard InChI is InChI=1S/C32H44S2.2BF4/c1-29(2,3)25-17-23(18-26(33-25)30(4,5)6)21-13-15-22(16-14-21)24-19-27(31(7,8)9)34-28(20-24)32(10,11)12;2*2-1(3,4)5/h13-20H,1-12H3;;/q+2;2*-1. The molecular formula is C32H44B2F8S2. The minimum absolute atomic E-state index is 0.137. The molecule has 2 heterocycles. The normalized spacial score (nSPS) is 13.0.